The molecule has 0 bridgehead atoms. The van der Waals surface area contributed by atoms with E-state index in [9.17, 15) is 4.79 Å². The molecule has 1 heterocycles. The number of rotatable bonds is 7. The molecule has 0 spiro atoms. The Bertz CT molecular complexity index is 412. The number of aryl methyl sites for hydroxylation is 2. The van der Waals surface area contributed by atoms with Gasteiger partial charge in [-0.25, -0.2) is 0 Å². The van der Waals surface area contributed by atoms with Gasteiger partial charge in [-0.05, 0) is 32.8 Å². The van der Waals surface area contributed by atoms with Crippen LogP contribution in [0.25, 0.3) is 0 Å². The molecule has 2 N–H and O–H groups in total. The first-order chi connectivity index (χ1) is 8.93. The lowest BCUT2D eigenvalue weighted by Crippen LogP contribution is -2.43. The second-order valence-electron chi connectivity index (χ2n) is 5.33. The Balaban J connectivity index is 2.44. The highest BCUT2D eigenvalue weighted by molar-refractivity contribution is 5.81. The molecule has 0 aliphatic carbocycles. The minimum atomic E-state index is -0.195. The number of carbonyl (C=O) groups is 1. The molecule has 1 aromatic heterocycles. The van der Waals surface area contributed by atoms with Crippen molar-refractivity contribution in [2.45, 2.75) is 53.8 Å². The van der Waals surface area contributed by atoms with E-state index < -0.39 is 0 Å². The van der Waals surface area contributed by atoms with Gasteiger partial charge in [0.25, 0.3) is 0 Å². The monoisotopic (exact) mass is 266 g/mol. The lowest BCUT2D eigenvalue weighted by atomic mass is 10.2. The summed E-state index contributed by atoms with van der Waals surface area (Å²) in [5, 5.41) is 10.6. The predicted molar refractivity (Wildman–Crippen MR) is 76.8 cm³/mol. The van der Waals surface area contributed by atoms with Crippen molar-refractivity contribution in [2.24, 2.45) is 5.92 Å². The van der Waals surface area contributed by atoms with Crippen molar-refractivity contribution >= 4 is 5.91 Å². The number of nitrogens with zero attached hydrogens (tertiary/aromatic N) is 2. The van der Waals surface area contributed by atoms with Gasteiger partial charge in [0, 0.05) is 19.6 Å². The van der Waals surface area contributed by atoms with Crippen LogP contribution in [0, 0.1) is 12.8 Å². The van der Waals surface area contributed by atoms with Gasteiger partial charge in [0.1, 0.15) is 0 Å². The Kier molecular flexibility index (Phi) is 6.02. The Morgan fingerprint density at radius 2 is 2.11 bits per heavy atom. The van der Waals surface area contributed by atoms with Crippen molar-refractivity contribution in [3.63, 3.8) is 0 Å². The van der Waals surface area contributed by atoms with Crippen LogP contribution in [0.1, 0.15) is 39.1 Å². The zero-order chi connectivity index (χ0) is 14.4. The van der Waals surface area contributed by atoms with Gasteiger partial charge in [-0.1, -0.05) is 13.8 Å². The summed E-state index contributed by atoms with van der Waals surface area (Å²) in [6.07, 6.45) is 0. The summed E-state index contributed by atoms with van der Waals surface area (Å²) >= 11 is 0. The molecule has 5 heteroatoms. The van der Waals surface area contributed by atoms with E-state index in [4.69, 9.17) is 0 Å². The van der Waals surface area contributed by atoms with Crippen molar-refractivity contribution in [3.05, 3.63) is 17.5 Å². The normalized spacial score (nSPS) is 12.7. The molecular formula is C14H26N4O. The summed E-state index contributed by atoms with van der Waals surface area (Å²) in [6.45, 7) is 12.3. The number of aromatic nitrogens is 2. The van der Waals surface area contributed by atoms with Crippen LogP contribution < -0.4 is 10.6 Å². The third-order valence-corrected chi connectivity index (χ3v) is 2.95. The summed E-state index contributed by atoms with van der Waals surface area (Å²) < 4.78 is 1.96. The van der Waals surface area contributed by atoms with Crippen molar-refractivity contribution in [1.82, 2.24) is 20.4 Å². The SMILES string of the molecule is CCn1nc(C)cc1CNC(C)C(=O)NCC(C)C. The van der Waals surface area contributed by atoms with Gasteiger partial charge in [-0.15, -0.1) is 0 Å². The lowest BCUT2D eigenvalue weighted by Gasteiger charge is -2.15. The molecule has 0 saturated carbocycles. The highest BCUT2D eigenvalue weighted by Gasteiger charge is 2.13. The van der Waals surface area contributed by atoms with E-state index in [1.54, 1.807) is 0 Å². The van der Waals surface area contributed by atoms with E-state index >= 15 is 0 Å². The smallest absolute Gasteiger partial charge is 0.236 e. The third kappa shape index (κ3) is 5.03. The van der Waals surface area contributed by atoms with Crippen LogP contribution in [0.3, 0.4) is 0 Å². The minimum absolute atomic E-state index is 0.0491. The first-order valence-corrected chi connectivity index (χ1v) is 6.98. The van der Waals surface area contributed by atoms with Crippen molar-refractivity contribution in [2.75, 3.05) is 6.54 Å². The zero-order valence-corrected chi connectivity index (χ0v) is 12.7. The van der Waals surface area contributed by atoms with E-state index in [0.717, 1.165) is 24.5 Å². The molecule has 0 fully saturated rings. The maximum atomic E-state index is 11.8. The molecule has 1 atom stereocenters. The van der Waals surface area contributed by atoms with Gasteiger partial charge in [0.05, 0.1) is 17.4 Å². The minimum Gasteiger partial charge on any atom is -0.354 e. The Morgan fingerprint density at radius 3 is 2.68 bits per heavy atom. The Hall–Kier alpha value is -1.36. The molecule has 1 unspecified atom stereocenters. The maximum Gasteiger partial charge on any atom is 0.236 e. The first-order valence-electron chi connectivity index (χ1n) is 6.98. The summed E-state index contributed by atoms with van der Waals surface area (Å²) in [5.41, 5.74) is 2.12. The molecule has 0 aromatic carbocycles. The number of hydrogen-bond donors (Lipinski definition) is 2. The fourth-order valence-corrected chi connectivity index (χ4v) is 1.82. The van der Waals surface area contributed by atoms with Gasteiger partial charge in [0.2, 0.25) is 5.91 Å². The standard InChI is InChI=1S/C14H26N4O/c1-6-18-13(7-11(4)17-18)9-15-12(5)14(19)16-8-10(2)3/h7,10,12,15H,6,8-9H2,1-5H3,(H,16,19). The van der Waals surface area contributed by atoms with Crippen LogP contribution in [0.2, 0.25) is 0 Å². The quantitative estimate of drug-likeness (QED) is 0.785. The van der Waals surface area contributed by atoms with E-state index in [2.05, 4.69) is 42.6 Å². The Morgan fingerprint density at radius 1 is 1.42 bits per heavy atom. The van der Waals surface area contributed by atoms with Crippen LogP contribution in [0.15, 0.2) is 6.07 Å². The summed E-state index contributed by atoms with van der Waals surface area (Å²) in [6, 6.07) is 1.86. The molecule has 0 aliphatic heterocycles. The van der Waals surface area contributed by atoms with Crippen LogP contribution in [-0.2, 0) is 17.9 Å². The topological polar surface area (TPSA) is 59.0 Å². The average Bonchev–Trinajstić information content (AvgIpc) is 2.73. The molecule has 1 rings (SSSR count). The molecule has 19 heavy (non-hydrogen) atoms. The average molecular weight is 266 g/mol. The summed E-state index contributed by atoms with van der Waals surface area (Å²) in [5.74, 6) is 0.522. The molecule has 5 nitrogen and oxygen atoms in total. The lowest BCUT2D eigenvalue weighted by molar-refractivity contribution is -0.122. The Labute approximate surface area is 115 Å². The number of carbonyl (C=O) groups excluding carboxylic acids is 1. The van der Waals surface area contributed by atoms with Gasteiger partial charge in [-0.2, -0.15) is 5.10 Å². The second kappa shape index (κ2) is 7.28. The predicted octanol–water partition coefficient (Wildman–Crippen LogP) is 1.46. The number of amides is 1. The van der Waals surface area contributed by atoms with E-state index in [-0.39, 0.29) is 11.9 Å². The molecule has 108 valence electrons. The van der Waals surface area contributed by atoms with E-state index in [1.807, 2.05) is 18.5 Å². The van der Waals surface area contributed by atoms with Gasteiger partial charge in [0.15, 0.2) is 0 Å². The van der Waals surface area contributed by atoms with Crippen molar-refractivity contribution in [3.8, 4) is 0 Å². The van der Waals surface area contributed by atoms with E-state index in [1.165, 1.54) is 0 Å². The highest BCUT2D eigenvalue weighted by atomic mass is 16.2. The molecule has 0 saturated heterocycles. The molecular weight excluding hydrogens is 240 g/mol. The largest absolute Gasteiger partial charge is 0.354 e. The summed E-state index contributed by atoms with van der Waals surface area (Å²) in [4.78, 5) is 11.8. The summed E-state index contributed by atoms with van der Waals surface area (Å²) in [7, 11) is 0. The van der Waals surface area contributed by atoms with Crippen LogP contribution >= 0.6 is 0 Å². The van der Waals surface area contributed by atoms with Crippen molar-refractivity contribution < 1.29 is 4.79 Å². The second-order valence-corrected chi connectivity index (χ2v) is 5.33. The fraction of sp³-hybridized carbons (Fsp3) is 0.714. The third-order valence-electron chi connectivity index (χ3n) is 2.95. The van der Waals surface area contributed by atoms with Crippen LogP contribution in [0.5, 0.6) is 0 Å². The molecule has 0 radical (unpaired) electrons. The number of nitrogens with one attached hydrogen (secondary N) is 2. The van der Waals surface area contributed by atoms with Crippen molar-refractivity contribution in [1.29, 1.82) is 0 Å². The first kappa shape index (κ1) is 15.7. The highest BCUT2D eigenvalue weighted by Crippen LogP contribution is 2.03. The maximum absolute atomic E-state index is 11.8. The van der Waals surface area contributed by atoms with Gasteiger partial charge in [-0.3, -0.25) is 9.48 Å². The molecule has 1 aromatic rings. The molecule has 1 amide bonds. The van der Waals surface area contributed by atoms with Gasteiger partial charge >= 0.3 is 0 Å². The zero-order valence-electron chi connectivity index (χ0n) is 12.7. The van der Waals surface area contributed by atoms with E-state index in [0.29, 0.717) is 12.5 Å². The number of hydrogen-bond acceptors (Lipinski definition) is 3. The van der Waals surface area contributed by atoms with Crippen LogP contribution in [-0.4, -0.2) is 28.3 Å². The van der Waals surface area contributed by atoms with Gasteiger partial charge < -0.3 is 10.6 Å². The van der Waals surface area contributed by atoms with Crippen LogP contribution in [0.4, 0.5) is 0 Å². The molecule has 0 aliphatic rings. The fourth-order valence-electron chi connectivity index (χ4n) is 1.82.